The Balaban J connectivity index is 2.14. The van der Waals surface area contributed by atoms with Crippen LogP contribution in [0, 0.1) is 20.9 Å². The fourth-order valence-corrected chi connectivity index (χ4v) is 5.09. The van der Waals surface area contributed by atoms with Gasteiger partial charge in [-0.3, -0.25) is 0 Å². The Kier molecular flexibility index (Phi) is 6.27. The SMILES string of the molecule is Oc1c(I)cc(O[CH]c2cc(I)cc(I)c2)cc1I. The van der Waals surface area contributed by atoms with E-state index in [1.165, 1.54) is 7.14 Å². The van der Waals surface area contributed by atoms with Gasteiger partial charge in [0.25, 0.3) is 0 Å². The van der Waals surface area contributed by atoms with Crippen LogP contribution in [0.4, 0.5) is 0 Å². The predicted octanol–water partition coefficient (Wildman–Crippen LogP) is 5.40. The average Bonchev–Trinajstić information content (AvgIpc) is 2.32. The Labute approximate surface area is 166 Å². The van der Waals surface area contributed by atoms with Crippen molar-refractivity contribution in [3.05, 3.63) is 56.8 Å². The first-order valence-corrected chi connectivity index (χ1v) is 9.41. The lowest BCUT2D eigenvalue weighted by molar-refractivity contribution is 0.423. The van der Waals surface area contributed by atoms with Crippen molar-refractivity contribution < 1.29 is 9.84 Å². The van der Waals surface area contributed by atoms with Crippen LogP contribution in [0.1, 0.15) is 5.56 Å². The number of ether oxygens (including phenoxy) is 1. The van der Waals surface area contributed by atoms with Gasteiger partial charge in [0, 0.05) is 7.14 Å². The minimum atomic E-state index is 0.303. The Hall–Kier alpha value is 0.960. The third-order valence-corrected chi connectivity index (χ3v) is 5.10. The van der Waals surface area contributed by atoms with Crippen LogP contribution in [0.3, 0.4) is 0 Å². The highest BCUT2D eigenvalue weighted by Crippen LogP contribution is 2.31. The number of hydrogen-bond acceptors (Lipinski definition) is 2. The highest BCUT2D eigenvalue weighted by molar-refractivity contribution is 14.1. The standard InChI is InChI=1S/C13H7I4O2/c14-8-1-7(2-9(15)3-8)6-19-10-4-11(16)13(18)12(17)5-10/h1-6,18H. The molecule has 0 heterocycles. The van der Waals surface area contributed by atoms with Crippen molar-refractivity contribution in [1.29, 1.82) is 0 Å². The molecule has 2 aromatic carbocycles. The van der Waals surface area contributed by atoms with Gasteiger partial charge in [0.2, 0.25) is 0 Å². The molecule has 2 nitrogen and oxygen atoms in total. The quantitative estimate of drug-likeness (QED) is 0.435. The van der Waals surface area contributed by atoms with Gasteiger partial charge < -0.3 is 9.84 Å². The van der Waals surface area contributed by atoms with Crippen molar-refractivity contribution in [2.24, 2.45) is 0 Å². The van der Waals surface area contributed by atoms with Gasteiger partial charge in [-0.15, -0.1) is 0 Å². The van der Waals surface area contributed by atoms with Crippen molar-refractivity contribution in [3.63, 3.8) is 0 Å². The zero-order valence-corrected chi connectivity index (χ0v) is 18.0. The number of benzene rings is 2. The second kappa shape index (κ2) is 7.29. The highest BCUT2D eigenvalue weighted by Gasteiger charge is 2.07. The number of phenols is 1. The van der Waals surface area contributed by atoms with Gasteiger partial charge in [0.05, 0.1) is 7.14 Å². The van der Waals surface area contributed by atoms with E-state index in [0.717, 1.165) is 18.5 Å². The fraction of sp³-hybridized carbons (Fsp3) is 0. The predicted molar refractivity (Wildman–Crippen MR) is 109 cm³/mol. The minimum Gasteiger partial charge on any atom is -0.506 e. The van der Waals surface area contributed by atoms with Gasteiger partial charge in [-0.25, -0.2) is 0 Å². The molecule has 0 atom stereocenters. The molecule has 0 unspecified atom stereocenters. The normalized spacial score (nSPS) is 10.5. The van der Waals surface area contributed by atoms with E-state index in [9.17, 15) is 5.11 Å². The summed E-state index contributed by atoms with van der Waals surface area (Å²) in [6, 6.07) is 9.84. The first-order chi connectivity index (χ1) is 8.95. The molecular weight excluding hydrogens is 696 g/mol. The van der Waals surface area contributed by atoms with E-state index in [1.807, 2.05) is 12.1 Å². The van der Waals surface area contributed by atoms with Crippen molar-refractivity contribution in [2.45, 2.75) is 0 Å². The molecule has 0 fully saturated rings. The molecule has 0 amide bonds. The molecular formula is C13H7I4O2. The summed E-state index contributed by atoms with van der Waals surface area (Å²) in [5.74, 6) is 1.03. The highest BCUT2D eigenvalue weighted by atomic mass is 127. The summed E-state index contributed by atoms with van der Waals surface area (Å²) in [7, 11) is 0. The van der Waals surface area contributed by atoms with E-state index < -0.39 is 0 Å². The van der Waals surface area contributed by atoms with Gasteiger partial charge in [-0.2, -0.15) is 0 Å². The summed E-state index contributed by atoms with van der Waals surface area (Å²) < 4.78 is 9.58. The third kappa shape index (κ3) is 4.73. The first-order valence-electron chi connectivity index (χ1n) is 5.09. The molecule has 0 aliphatic heterocycles. The monoisotopic (exact) mass is 703 g/mol. The van der Waals surface area contributed by atoms with Crippen LogP contribution in [0.5, 0.6) is 11.5 Å². The Morgan fingerprint density at radius 3 is 1.89 bits per heavy atom. The maximum absolute atomic E-state index is 9.71. The first kappa shape index (κ1) is 16.3. The molecule has 0 aromatic heterocycles. The molecule has 1 N–H and O–H groups in total. The summed E-state index contributed by atoms with van der Waals surface area (Å²) in [5, 5.41) is 9.71. The Morgan fingerprint density at radius 1 is 0.842 bits per heavy atom. The summed E-state index contributed by atoms with van der Waals surface area (Å²) in [6.07, 6.45) is 0. The zero-order valence-electron chi connectivity index (χ0n) is 9.33. The molecule has 19 heavy (non-hydrogen) atoms. The van der Waals surface area contributed by atoms with Gasteiger partial charge in [0.1, 0.15) is 11.5 Å². The fourth-order valence-electron chi connectivity index (χ4n) is 1.39. The van der Waals surface area contributed by atoms with Gasteiger partial charge in [-0.05, 0) is 126 Å². The molecule has 0 saturated carbocycles. The second-order valence-electron chi connectivity index (χ2n) is 3.67. The van der Waals surface area contributed by atoms with Crippen LogP contribution in [0.25, 0.3) is 0 Å². The molecule has 0 spiro atoms. The van der Waals surface area contributed by atoms with E-state index in [-0.39, 0.29) is 0 Å². The maximum atomic E-state index is 9.71. The van der Waals surface area contributed by atoms with Crippen LogP contribution in [0.15, 0.2) is 30.3 Å². The number of hydrogen-bond donors (Lipinski definition) is 1. The smallest absolute Gasteiger partial charge is 0.165 e. The molecule has 0 saturated heterocycles. The van der Waals surface area contributed by atoms with Crippen LogP contribution in [0.2, 0.25) is 0 Å². The lowest BCUT2D eigenvalue weighted by Gasteiger charge is -2.09. The largest absolute Gasteiger partial charge is 0.506 e. The van der Waals surface area contributed by atoms with E-state index >= 15 is 0 Å². The van der Waals surface area contributed by atoms with Gasteiger partial charge >= 0.3 is 0 Å². The van der Waals surface area contributed by atoms with Gasteiger partial charge in [0.15, 0.2) is 6.61 Å². The van der Waals surface area contributed by atoms with Crippen molar-refractivity contribution in [3.8, 4) is 11.5 Å². The minimum absolute atomic E-state index is 0.303. The van der Waals surface area contributed by atoms with E-state index in [4.69, 9.17) is 4.74 Å². The van der Waals surface area contributed by atoms with Crippen LogP contribution >= 0.6 is 90.4 Å². The number of rotatable bonds is 3. The van der Waals surface area contributed by atoms with Crippen molar-refractivity contribution in [1.82, 2.24) is 0 Å². The molecule has 99 valence electrons. The summed E-state index contributed by atoms with van der Waals surface area (Å²) in [4.78, 5) is 0. The number of aromatic hydroxyl groups is 1. The second-order valence-corrected chi connectivity index (χ2v) is 8.49. The molecule has 6 heteroatoms. The topological polar surface area (TPSA) is 29.5 Å². The van der Waals surface area contributed by atoms with Crippen molar-refractivity contribution >= 4 is 90.4 Å². The Bertz CT molecular complexity index is 570. The summed E-state index contributed by atoms with van der Waals surface area (Å²) in [5.41, 5.74) is 1.02. The summed E-state index contributed by atoms with van der Waals surface area (Å²) >= 11 is 8.75. The lowest BCUT2D eigenvalue weighted by atomic mass is 10.2. The van der Waals surface area contributed by atoms with Gasteiger partial charge in [-0.1, -0.05) is 0 Å². The average molecular weight is 703 g/mol. The lowest BCUT2D eigenvalue weighted by Crippen LogP contribution is -1.95. The van der Waals surface area contributed by atoms with Crippen LogP contribution < -0.4 is 4.74 Å². The molecule has 0 bridgehead atoms. The molecule has 0 aliphatic carbocycles. The van der Waals surface area contributed by atoms with Crippen molar-refractivity contribution in [2.75, 3.05) is 0 Å². The molecule has 2 rings (SSSR count). The van der Waals surface area contributed by atoms with E-state index in [0.29, 0.717) is 5.75 Å². The maximum Gasteiger partial charge on any atom is 0.165 e. The summed E-state index contributed by atoms with van der Waals surface area (Å²) in [6.45, 7) is 1.73. The molecule has 2 aromatic rings. The number of halogens is 4. The molecule has 1 radical (unpaired) electrons. The Morgan fingerprint density at radius 2 is 1.37 bits per heavy atom. The van der Waals surface area contributed by atoms with E-state index in [2.05, 4.69) is 109 Å². The third-order valence-electron chi connectivity index (χ3n) is 2.21. The molecule has 0 aliphatic rings. The number of phenolic OH excluding ortho intramolecular Hbond substituents is 1. The van der Waals surface area contributed by atoms with Crippen LogP contribution in [-0.4, -0.2) is 5.11 Å². The zero-order chi connectivity index (χ0) is 14.0. The van der Waals surface area contributed by atoms with Crippen LogP contribution in [-0.2, 0) is 0 Å². The van der Waals surface area contributed by atoms with E-state index in [1.54, 1.807) is 6.61 Å².